The zero-order valence-electron chi connectivity index (χ0n) is 19.2. The SMILES string of the molecule is CC(=O)[C@H]1CC[C@H]2[C@@H]3CC[C@H]4C[C@H](OC(=O)OCC(C)O)CC[C@]4(C)[C@H]3CC[C@]12C. The van der Waals surface area contributed by atoms with Crippen LogP contribution in [0, 0.1) is 40.4 Å². The maximum absolute atomic E-state index is 12.3. The minimum Gasteiger partial charge on any atom is -0.432 e. The molecule has 0 aromatic rings. The van der Waals surface area contributed by atoms with Gasteiger partial charge in [-0.05, 0) is 106 Å². The van der Waals surface area contributed by atoms with Gasteiger partial charge in [0.15, 0.2) is 0 Å². The summed E-state index contributed by atoms with van der Waals surface area (Å²) in [7, 11) is 0. The number of carbonyl (C=O) groups is 2. The van der Waals surface area contributed by atoms with Crippen molar-refractivity contribution in [3.63, 3.8) is 0 Å². The van der Waals surface area contributed by atoms with Gasteiger partial charge in [-0.3, -0.25) is 4.79 Å². The summed E-state index contributed by atoms with van der Waals surface area (Å²) in [5.41, 5.74) is 0.534. The number of Topliss-reactive ketones (excluding diaryl/α,β-unsaturated/α-hetero) is 1. The van der Waals surface area contributed by atoms with E-state index in [1.54, 1.807) is 13.8 Å². The average Bonchev–Trinajstić information content (AvgIpc) is 3.04. The van der Waals surface area contributed by atoms with E-state index in [4.69, 9.17) is 9.47 Å². The van der Waals surface area contributed by atoms with E-state index in [1.165, 1.54) is 32.1 Å². The smallest absolute Gasteiger partial charge is 0.432 e. The van der Waals surface area contributed by atoms with Crippen molar-refractivity contribution in [1.29, 1.82) is 0 Å². The van der Waals surface area contributed by atoms with E-state index in [2.05, 4.69) is 13.8 Å². The zero-order valence-corrected chi connectivity index (χ0v) is 19.2. The van der Waals surface area contributed by atoms with Gasteiger partial charge < -0.3 is 14.6 Å². The topological polar surface area (TPSA) is 72.8 Å². The van der Waals surface area contributed by atoms with Crippen LogP contribution in [0.2, 0.25) is 0 Å². The van der Waals surface area contributed by atoms with Crippen LogP contribution in [0.5, 0.6) is 0 Å². The summed E-state index contributed by atoms with van der Waals surface area (Å²) >= 11 is 0. The minimum atomic E-state index is -0.669. The predicted octanol–water partition coefficient (Wildman–Crippen LogP) is 5.14. The predicted molar refractivity (Wildman–Crippen MR) is 114 cm³/mol. The van der Waals surface area contributed by atoms with Gasteiger partial charge in [-0.15, -0.1) is 0 Å². The molecule has 4 aliphatic carbocycles. The lowest BCUT2D eigenvalue weighted by Gasteiger charge is -2.61. The first kappa shape index (κ1) is 22.1. The summed E-state index contributed by atoms with van der Waals surface area (Å²) < 4.78 is 10.6. The molecule has 30 heavy (non-hydrogen) atoms. The van der Waals surface area contributed by atoms with Crippen molar-refractivity contribution in [2.75, 3.05) is 6.61 Å². The molecule has 0 radical (unpaired) electrons. The Morgan fingerprint density at radius 3 is 2.40 bits per heavy atom. The summed E-state index contributed by atoms with van der Waals surface area (Å²) in [6.45, 7) is 8.28. The average molecular weight is 421 g/mol. The van der Waals surface area contributed by atoms with E-state index < -0.39 is 12.3 Å². The molecule has 0 saturated heterocycles. The van der Waals surface area contributed by atoms with E-state index in [1.807, 2.05) is 0 Å². The van der Waals surface area contributed by atoms with Crippen molar-refractivity contribution < 1.29 is 24.2 Å². The monoisotopic (exact) mass is 420 g/mol. The van der Waals surface area contributed by atoms with Crippen LogP contribution >= 0.6 is 0 Å². The second-order valence-electron chi connectivity index (χ2n) is 11.4. The van der Waals surface area contributed by atoms with E-state index in [9.17, 15) is 14.7 Å². The highest BCUT2D eigenvalue weighted by atomic mass is 16.7. The standard InChI is InChI=1S/C25H40O5/c1-15(26)14-29-23(28)30-18-9-11-24(3)17(13-18)5-6-19-21-8-7-20(16(2)27)25(21,4)12-10-22(19)24/h15,17-22,26H,5-14H2,1-4H3/t15?,17-,18+,19-,20+,21-,22-,24-,25+/m0/s1. The van der Waals surface area contributed by atoms with Gasteiger partial charge in [0, 0.05) is 5.92 Å². The minimum absolute atomic E-state index is 0.0160. The summed E-state index contributed by atoms with van der Waals surface area (Å²) in [6, 6.07) is 0. The fraction of sp³-hybridized carbons (Fsp3) is 0.920. The molecule has 0 amide bonds. The number of rotatable bonds is 4. The first-order chi connectivity index (χ1) is 14.1. The fourth-order valence-electron chi connectivity index (χ4n) is 8.35. The molecule has 0 aromatic carbocycles. The number of ether oxygens (including phenoxy) is 2. The van der Waals surface area contributed by atoms with Crippen LogP contribution in [0.15, 0.2) is 0 Å². The van der Waals surface area contributed by atoms with Crippen LogP contribution in [-0.4, -0.2) is 35.9 Å². The normalized spacial score (nSPS) is 46.2. The van der Waals surface area contributed by atoms with Gasteiger partial charge >= 0.3 is 6.16 Å². The maximum atomic E-state index is 12.3. The van der Waals surface area contributed by atoms with E-state index in [0.29, 0.717) is 23.0 Å². The molecule has 0 aromatic heterocycles. The van der Waals surface area contributed by atoms with Gasteiger partial charge in [0.1, 0.15) is 18.5 Å². The molecule has 0 spiro atoms. The largest absolute Gasteiger partial charge is 0.508 e. The van der Waals surface area contributed by atoms with Crippen LogP contribution in [-0.2, 0) is 14.3 Å². The van der Waals surface area contributed by atoms with Crippen molar-refractivity contribution >= 4 is 11.9 Å². The highest BCUT2D eigenvalue weighted by Gasteiger charge is 2.60. The van der Waals surface area contributed by atoms with Crippen molar-refractivity contribution in [3.05, 3.63) is 0 Å². The van der Waals surface area contributed by atoms with E-state index in [0.717, 1.165) is 37.5 Å². The number of fused-ring (bicyclic) bond motifs is 5. The summed E-state index contributed by atoms with van der Waals surface area (Å²) in [6.07, 6.45) is 8.77. The molecule has 1 unspecified atom stereocenters. The van der Waals surface area contributed by atoms with Gasteiger partial charge in [-0.2, -0.15) is 0 Å². The Morgan fingerprint density at radius 1 is 1.00 bits per heavy atom. The molecule has 5 heteroatoms. The number of aliphatic hydroxyl groups is 1. The summed E-state index contributed by atoms with van der Waals surface area (Å²) in [5, 5.41) is 9.28. The lowest BCUT2D eigenvalue weighted by atomic mass is 9.44. The van der Waals surface area contributed by atoms with Crippen molar-refractivity contribution in [2.45, 2.75) is 97.7 Å². The third-order valence-electron chi connectivity index (χ3n) is 9.81. The van der Waals surface area contributed by atoms with Gasteiger partial charge in [-0.25, -0.2) is 4.79 Å². The summed E-state index contributed by atoms with van der Waals surface area (Å²) in [4.78, 5) is 24.2. The number of aliphatic hydroxyl groups excluding tert-OH is 1. The Balaban J connectivity index is 1.41. The van der Waals surface area contributed by atoms with Gasteiger partial charge in [0.2, 0.25) is 0 Å². The zero-order chi connectivity index (χ0) is 21.7. The van der Waals surface area contributed by atoms with Crippen molar-refractivity contribution in [3.8, 4) is 0 Å². The van der Waals surface area contributed by atoms with Crippen molar-refractivity contribution in [1.82, 2.24) is 0 Å². The quantitative estimate of drug-likeness (QED) is 0.638. The molecule has 9 atom stereocenters. The Hall–Kier alpha value is -1.10. The van der Waals surface area contributed by atoms with Crippen LogP contribution in [0.4, 0.5) is 4.79 Å². The Bertz CT molecular complexity index is 674. The molecular weight excluding hydrogens is 380 g/mol. The molecule has 1 N–H and O–H groups in total. The molecule has 5 nitrogen and oxygen atoms in total. The van der Waals surface area contributed by atoms with E-state index >= 15 is 0 Å². The first-order valence-corrected chi connectivity index (χ1v) is 12.2. The Labute approximate surface area is 181 Å². The molecule has 0 bridgehead atoms. The molecular formula is C25H40O5. The molecule has 4 aliphatic rings. The van der Waals surface area contributed by atoms with Crippen molar-refractivity contribution in [2.24, 2.45) is 40.4 Å². The van der Waals surface area contributed by atoms with Gasteiger partial charge in [0.25, 0.3) is 0 Å². The molecule has 4 rings (SSSR count). The molecule has 4 saturated carbocycles. The Kier molecular flexibility index (Phi) is 5.97. The van der Waals surface area contributed by atoms with Crippen LogP contribution in [0.25, 0.3) is 0 Å². The van der Waals surface area contributed by atoms with Crippen LogP contribution < -0.4 is 0 Å². The van der Waals surface area contributed by atoms with Crippen LogP contribution in [0.3, 0.4) is 0 Å². The fourth-order valence-corrected chi connectivity index (χ4v) is 8.35. The molecule has 4 fully saturated rings. The number of ketones is 1. The number of carbonyl (C=O) groups excluding carboxylic acids is 2. The molecule has 0 heterocycles. The lowest BCUT2D eigenvalue weighted by molar-refractivity contribution is -0.140. The second-order valence-corrected chi connectivity index (χ2v) is 11.4. The first-order valence-electron chi connectivity index (χ1n) is 12.2. The maximum Gasteiger partial charge on any atom is 0.508 e. The van der Waals surface area contributed by atoms with Crippen LogP contribution in [0.1, 0.15) is 85.5 Å². The third kappa shape index (κ3) is 3.69. The lowest BCUT2D eigenvalue weighted by Crippen LogP contribution is -2.54. The third-order valence-corrected chi connectivity index (χ3v) is 9.81. The highest BCUT2D eigenvalue weighted by Crippen LogP contribution is 2.67. The molecule has 170 valence electrons. The number of hydrogen-bond donors (Lipinski definition) is 1. The number of hydrogen-bond acceptors (Lipinski definition) is 5. The molecule has 0 aliphatic heterocycles. The van der Waals surface area contributed by atoms with E-state index in [-0.39, 0.29) is 24.0 Å². The second kappa shape index (κ2) is 8.11. The van der Waals surface area contributed by atoms with Gasteiger partial charge in [-0.1, -0.05) is 13.8 Å². The Morgan fingerprint density at radius 2 is 1.70 bits per heavy atom. The highest BCUT2D eigenvalue weighted by molar-refractivity contribution is 5.79. The summed E-state index contributed by atoms with van der Waals surface area (Å²) in [5.74, 6) is 3.46. The van der Waals surface area contributed by atoms with Gasteiger partial charge in [0.05, 0.1) is 6.10 Å².